The van der Waals surface area contributed by atoms with Gasteiger partial charge in [0.25, 0.3) is 0 Å². The van der Waals surface area contributed by atoms with Crippen LogP contribution in [-0.4, -0.2) is 0 Å². The van der Waals surface area contributed by atoms with E-state index in [1.807, 2.05) is 0 Å². The van der Waals surface area contributed by atoms with Crippen molar-refractivity contribution in [1.82, 2.24) is 0 Å². The van der Waals surface area contributed by atoms with Crippen LogP contribution in [0.4, 0.5) is 0 Å². The highest BCUT2D eigenvalue weighted by atomic mass is 14.3. The second-order valence-electron chi connectivity index (χ2n) is 11.4. The molecule has 0 nitrogen and oxygen atoms in total. The summed E-state index contributed by atoms with van der Waals surface area (Å²) in [5.74, 6) is 1.27. The molecule has 0 N–H and O–H groups in total. The third-order valence-corrected chi connectivity index (χ3v) is 9.11. The highest BCUT2D eigenvalue weighted by Gasteiger charge is 2.26. The van der Waals surface area contributed by atoms with Crippen molar-refractivity contribution in [1.29, 1.82) is 0 Å². The Balaban J connectivity index is 1.51. The van der Waals surface area contributed by atoms with Crippen molar-refractivity contribution in [2.24, 2.45) is 0 Å². The summed E-state index contributed by atoms with van der Waals surface area (Å²) >= 11 is 0. The van der Waals surface area contributed by atoms with E-state index in [0.29, 0.717) is 0 Å². The first-order valence-electron chi connectivity index (χ1n) is 14.9. The SMILES string of the molecule is c1ccc2c(c1)cc([C](c1cc3ccccc3c3ccccc13)c1cc3ccccc3c3ccccc13)c1ccccc12. The number of hydrogen-bond donors (Lipinski definition) is 0. The average Bonchev–Trinajstić information content (AvgIpc) is 3.08. The molecule has 0 saturated heterocycles. The van der Waals surface area contributed by atoms with Gasteiger partial charge in [-0.05, 0) is 99.5 Å². The minimum absolute atomic E-state index is 1.25. The van der Waals surface area contributed by atoms with E-state index < -0.39 is 0 Å². The molecular formula is C43H27. The molecule has 0 aliphatic carbocycles. The normalized spacial score (nSPS) is 11.9. The summed E-state index contributed by atoms with van der Waals surface area (Å²) in [5.41, 5.74) is 3.78. The Bertz CT molecular complexity index is 2230. The van der Waals surface area contributed by atoms with Crippen molar-refractivity contribution in [3.05, 3.63) is 186 Å². The molecule has 0 bridgehead atoms. The third-order valence-electron chi connectivity index (χ3n) is 9.11. The van der Waals surface area contributed by atoms with Crippen LogP contribution in [0, 0.1) is 5.92 Å². The third kappa shape index (κ3) is 3.70. The van der Waals surface area contributed by atoms with Crippen molar-refractivity contribution < 1.29 is 0 Å². The highest BCUT2D eigenvalue weighted by molar-refractivity contribution is 6.15. The summed E-state index contributed by atoms with van der Waals surface area (Å²) in [6.45, 7) is 0. The zero-order valence-electron chi connectivity index (χ0n) is 23.6. The van der Waals surface area contributed by atoms with Gasteiger partial charge in [0.05, 0.1) is 5.92 Å². The van der Waals surface area contributed by atoms with Crippen molar-refractivity contribution in [2.75, 3.05) is 0 Å². The molecule has 0 spiro atoms. The van der Waals surface area contributed by atoms with Crippen molar-refractivity contribution in [3.63, 3.8) is 0 Å². The molecule has 0 heteroatoms. The van der Waals surface area contributed by atoms with E-state index >= 15 is 0 Å². The Kier molecular flexibility index (Phi) is 5.36. The minimum atomic E-state index is 1.25. The summed E-state index contributed by atoms with van der Waals surface area (Å²) in [4.78, 5) is 0. The summed E-state index contributed by atoms with van der Waals surface area (Å²) in [7, 11) is 0. The molecule has 0 aliphatic rings. The Morgan fingerprint density at radius 2 is 0.465 bits per heavy atom. The van der Waals surface area contributed by atoms with Gasteiger partial charge in [-0.1, -0.05) is 146 Å². The van der Waals surface area contributed by atoms with Gasteiger partial charge in [0, 0.05) is 0 Å². The van der Waals surface area contributed by atoms with Gasteiger partial charge >= 0.3 is 0 Å². The van der Waals surface area contributed by atoms with Gasteiger partial charge < -0.3 is 0 Å². The van der Waals surface area contributed by atoms with Crippen LogP contribution < -0.4 is 0 Å². The zero-order valence-corrected chi connectivity index (χ0v) is 23.6. The molecule has 199 valence electrons. The predicted octanol–water partition coefficient (Wildman–Crippen LogP) is 11.6. The van der Waals surface area contributed by atoms with E-state index in [4.69, 9.17) is 0 Å². The molecular weight excluding hydrogens is 516 g/mol. The van der Waals surface area contributed by atoms with Gasteiger partial charge in [-0.3, -0.25) is 0 Å². The maximum Gasteiger partial charge on any atom is 0.0648 e. The van der Waals surface area contributed by atoms with E-state index in [9.17, 15) is 0 Å². The van der Waals surface area contributed by atoms with Gasteiger partial charge in [-0.15, -0.1) is 0 Å². The molecule has 43 heavy (non-hydrogen) atoms. The average molecular weight is 544 g/mol. The second kappa shape index (κ2) is 9.54. The fourth-order valence-corrected chi connectivity index (χ4v) is 7.22. The van der Waals surface area contributed by atoms with Gasteiger partial charge in [0.1, 0.15) is 0 Å². The van der Waals surface area contributed by atoms with Crippen molar-refractivity contribution >= 4 is 64.6 Å². The van der Waals surface area contributed by atoms with Crippen LogP contribution in [0.2, 0.25) is 0 Å². The monoisotopic (exact) mass is 543 g/mol. The maximum atomic E-state index is 2.42. The van der Waals surface area contributed by atoms with E-state index in [-0.39, 0.29) is 0 Å². The first-order valence-corrected chi connectivity index (χ1v) is 14.9. The molecule has 0 aromatic heterocycles. The van der Waals surface area contributed by atoms with Crippen LogP contribution in [0.5, 0.6) is 0 Å². The topological polar surface area (TPSA) is 0 Å². The van der Waals surface area contributed by atoms with E-state index in [0.717, 1.165) is 0 Å². The standard InChI is InChI=1S/C43H27/c1-4-16-31-28(13-1)25-40(37-22-10-7-19-34(31)37)43(41-26-29-14-2-5-17-32(29)35-20-8-11-23-38(35)41)42-27-30-15-3-6-18-33(30)36-21-9-12-24-39(36)42/h1-27H. The molecule has 9 aromatic rings. The predicted molar refractivity (Wildman–Crippen MR) is 185 cm³/mol. The molecule has 1 radical (unpaired) electrons. The zero-order chi connectivity index (χ0) is 28.3. The van der Waals surface area contributed by atoms with Crippen molar-refractivity contribution in [2.45, 2.75) is 0 Å². The van der Waals surface area contributed by atoms with Crippen LogP contribution in [0.3, 0.4) is 0 Å². The Morgan fingerprint density at radius 1 is 0.233 bits per heavy atom. The minimum Gasteiger partial charge on any atom is -0.0616 e. The van der Waals surface area contributed by atoms with Crippen LogP contribution in [0.25, 0.3) is 64.6 Å². The Labute approximate surface area is 250 Å². The molecule has 0 fully saturated rings. The summed E-state index contributed by atoms with van der Waals surface area (Å²) in [6, 6.07) is 60.4. The van der Waals surface area contributed by atoms with Gasteiger partial charge in [0.2, 0.25) is 0 Å². The quantitative estimate of drug-likeness (QED) is 0.154. The van der Waals surface area contributed by atoms with Crippen LogP contribution in [-0.2, 0) is 0 Å². The van der Waals surface area contributed by atoms with Crippen LogP contribution in [0.15, 0.2) is 164 Å². The molecule has 0 heterocycles. The van der Waals surface area contributed by atoms with Gasteiger partial charge in [0.15, 0.2) is 0 Å². The number of hydrogen-bond acceptors (Lipinski definition) is 0. The van der Waals surface area contributed by atoms with Crippen molar-refractivity contribution in [3.8, 4) is 0 Å². The lowest BCUT2D eigenvalue weighted by molar-refractivity contribution is 1.30. The lowest BCUT2D eigenvalue weighted by atomic mass is 9.77. The maximum absolute atomic E-state index is 2.42. The van der Waals surface area contributed by atoms with Gasteiger partial charge in [-0.2, -0.15) is 0 Å². The molecule has 0 saturated carbocycles. The highest BCUT2D eigenvalue weighted by Crippen LogP contribution is 2.45. The fourth-order valence-electron chi connectivity index (χ4n) is 7.22. The van der Waals surface area contributed by atoms with E-state index in [2.05, 4.69) is 164 Å². The summed E-state index contributed by atoms with van der Waals surface area (Å²) in [5, 5.41) is 15.3. The van der Waals surface area contributed by atoms with Crippen LogP contribution in [0.1, 0.15) is 16.7 Å². The molecule has 0 amide bonds. The number of rotatable bonds is 3. The van der Waals surface area contributed by atoms with E-state index in [1.54, 1.807) is 0 Å². The molecule has 0 unspecified atom stereocenters. The van der Waals surface area contributed by atoms with E-state index in [1.165, 1.54) is 87.2 Å². The number of benzene rings is 9. The van der Waals surface area contributed by atoms with Crippen LogP contribution >= 0.6 is 0 Å². The smallest absolute Gasteiger partial charge is 0.0616 e. The summed E-state index contributed by atoms with van der Waals surface area (Å²) < 4.78 is 0. The molecule has 9 aromatic carbocycles. The lowest BCUT2D eigenvalue weighted by Crippen LogP contribution is -2.08. The van der Waals surface area contributed by atoms with Gasteiger partial charge in [-0.25, -0.2) is 0 Å². The second-order valence-corrected chi connectivity index (χ2v) is 11.4. The summed E-state index contributed by atoms with van der Waals surface area (Å²) in [6.07, 6.45) is 0. The first-order chi connectivity index (χ1) is 21.3. The first kappa shape index (κ1) is 24.2. The Morgan fingerprint density at radius 3 is 0.767 bits per heavy atom. The number of fused-ring (bicyclic) bond motifs is 9. The lowest BCUT2D eigenvalue weighted by Gasteiger charge is -2.25. The Hall–Kier alpha value is -5.46. The molecule has 9 rings (SSSR count). The molecule has 0 atom stereocenters. The fraction of sp³-hybridized carbons (Fsp3) is 0. The largest absolute Gasteiger partial charge is 0.0648 e. The molecule has 0 aliphatic heterocycles.